The Morgan fingerprint density at radius 1 is 1.12 bits per heavy atom. The van der Waals surface area contributed by atoms with E-state index in [-0.39, 0.29) is 5.82 Å². The summed E-state index contributed by atoms with van der Waals surface area (Å²) < 4.78 is 27.9. The van der Waals surface area contributed by atoms with Crippen molar-refractivity contribution in [2.45, 2.75) is 52.0 Å². The topological polar surface area (TPSA) is 48.3 Å². The summed E-state index contributed by atoms with van der Waals surface area (Å²) in [5.74, 6) is -0.258. The van der Waals surface area contributed by atoms with Crippen molar-refractivity contribution >= 4 is 12.6 Å². The summed E-state index contributed by atoms with van der Waals surface area (Å²) in [7, 11) is -0.492. The minimum atomic E-state index is -0.492. The third kappa shape index (κ3) is 2.71. The highest BCUT2D eigenvalue weighted by Gasteiger charge is 2.53. The Morgan fingerprint density at radius 3 is 2.40 bits per heavy atom. The fraction of sp³-hybridized carbons (Fsp3) is 0.500. The van der Waals surface area contributed by atoms with Gasteiger partial charge in [0.25, 0.3) is 0 Å². The fourth-order valence-electron chi connectivity index (χ4n) is 3.30. The molecule has 4 rings (SSSR count). The Labute approximate surface area is 147 Å². The second-order valence-corrected chi connectivity index (χ2v) is 7.70. The van der Waals surface area contributed by atoms with Gasteiger partial charge in [-0.1, -0.05) is 0 Å². The highest BCUT2D eigenvalue weighted by atomic mass is 19.1. The molecule has 1 aromatic carbocycles. The molecular formula is C18H23BFN3O2. The number of halogens is 1. The molecule has 0 amide bonds. The summed E-state index contributed by atoms with van der Waals surface area (Å²) >= 11 is 0. The van der Waals surface area contributed by atoms with Gasteiger partial charge >= 0.3 is 7.12 Å². The summed E-state index contributed by atoms with van der Waals surface area (Å²) in [6, 6.07) is 6.43. The van der Waals surface area contributed by atoms with E-state index in [1.54, 1.807) is 12.1 Å². The highest BCUT2D eigenvalue weighted by Crippen LogP contribution is 2.37. The lowest BCUT2D eigenvalue weighted by Crippen LogP contribution is -2.41. The van der Waals surface area contributed by atoms with Crippen LogP contribution in [-0.4, -0.2) is 34.6 Å². The van der Waals surface area contributed by atoms with E-state index in [1.165, 1.54) is 12.1 Å². The second-order valence-electron chi connectivity index (χ2n) is 7.70. The van der Waals surface area contributed by atoms with Crippen LogP contribution in [0.3, 0.4) is 0 Å². The van der Waals surface area contributed by atoms with Crippen LogP contribution in [-0.2, 0) is 22.4 Å². The third-order valence-corrected chi connectivity index (χ3v) is 5.50. The normalized spacial score (nSPS) is 21.4. The van der Waals surface area contributed by atoms with Crippen LogP contribution in [0.2, 0.25) is 0 Å². The lowest BCUT2D eigenvalue weighted by atomic mass is 9.75. The second kappa shape index (κ2) is 5.66. The van der Waals surface area contributed by atoms with Gasteiger partial charge in [0.1, 0.15) is 5.82 Å². The Kier molecular flexibility index (Phi) is 3.79. The molecule has 1 fully saturated rings. The molecule has 3 heterocycles. The van der Waals surface area contributed by atoms with Crippen molar-refractivity contribution in [2.75, 3.05) is 6.54 Å². The van der Waals surface area contributed by atoms with Crippen molar-refractivity contribution in [3.05, 3.63) is 35.8 Å². The van der Waals surface area contributed by atoms with Crippen LogP contribution in [0.1, 0.15) is 33.4 Å². The number of hydrogen-bond acceptors (Lipinski definition) is 4. The van der Waals surface area contributed by atoms with E-state index in [0.29, 0.717) is 6.54 Å². The summed E-state index contributed by atoms with van der Waals surface area (Å²) in [6.07, 6.45) is 0. The average Bonchev–Trinajstić information content (AvgIpc) is 3.02. The molecule has 1 saturated heterocycles. The van der Waals surface area contributed by atoms with Crippen molar-refractivity contribution in [3.63, 3.8) is 0 Å². The minimum absolute atomic E-state index is 0.258. The van der Waals surface area contributed by atoms with Crippen LogP contribution in [0.4, 0.5) is 4.39 Å². The van der Waals surface area contributed by atoms with Gasteiger partial charge in [-0.3, -0.25) is 4.68 Å². The van der Waals surface area contributed by atoms with Gasteiger partial charge in [-0.15, -0.1) is 0 Å². The molecule has 0 unspecified atom stereocenters. The lowest BCUT2D eigenvalue weighted by Gasteiger charge is -2.32. The predicted octanol–water partition coefficient (Wildman–Crippen LogP) is 2.09. The van der Waals surface area contributed by atoms with Crippen molar-refractivity contribution in [1.29, 1.82) is 0 Å². The number of nitrogens with one attached hydrogen (secondary N) is 1. The van der Waals surface area contributed by atoms with E-state index in [4.69, 9.17) is 14.4 Å². The van der Waals surface area contributed by atoms with E-state index in [1.807, 2.05) is 32.4 Å². The number of fused-ring (bicyclic) bond motifs is 1. The van der Waals surface area contributed by atoms with Crippen LogP contribution in [0.25, 0.3) is 11.3 Å². The summed E-state index contributed by atoms with van der Waals surface area (Å²) in [4.78, 5) is 0. The lowest BCUT2D eigenvalue weighted by molar-refractivity contribution is 0.00578. The first-order valence-corrected chi connectivity index (χ1v) is 8.70. The molecule has 5 nitrogen and oxygen atoms in total. The van der Waals surface area contributed by atoms with Crippen molar-refractivity contribution < 1.29 is 13.7 Å². The molecular weight excluding hydrogens is 320 g/mol. The molecule has 132 valence electrons. The van der Waals surface area contributed by atoms with Gasteiger partial charge in [-0.2, -0.15) is 5.10 Å². The van der Waals surface area contributed by atoms with Crippen molar-refractivity contribution in [3.8, 4) is 11.3 Å². The number of rotatable bonds is 2. The monoisotopic (exact) mass is 343 g/mol. The molecule has 2 aliphatic rings. The standard InChI is InChI=1S/C18H23BFN3O2/c1-17(2)18(3,4)25-19(24-17)15-14-11-21-9-10-23(14)22-16(15)12-5-7-13(20)8-6-12/h5-8,21H,9-11H2,1-4H3. The molecule has 7 heteroatoms. The van der Waals surface area contributed by atoms with Crippen molar-refractivity contribution in [1.82, 2.24) is 15.1 Å². The molecule has 0 bridgehead atoms. The molecule has 2 aliphatic heterocycles. The first kappa shape index (κ1) is 16.8. The summed E-state index contributed by atoms with van der Waals surface area (Å²) in [5.41, 5.74) is 2.84. The largest absolute Gasteiger partial charge is 0.499 e. The third-order valence-electron chi connectivity index (χ3n) is 5.50. The molecule has 0 atom stereocenters. The van der Waals surface area contributed by atoms with E-state index in [0.717, 1.165) is 35.5 Å². The first-order chi connectivity index (χ1) is 11.8. The van der Waals surface area contributed by atoms with Crippen molar-refractivity contribution in [2.24, 2.45) is 0 Å². The smallest absolute Gasteiger partial charge is 0.399 e. The molecule has 1 aromatic heterocycles. The van der Waals surface area contributed by atoms with Gasteiger partial charge in [0.05, 0.1) is 29.1 Å². The van der Waals surface area contributed by atoms with Gasteiger partial charge in [-0.25, -0.2) is 4.39 Å². The van der Waals surface area contributed by atoms with E-state index in [9.17, 15) is 4.39 Å². The van der Waals surface area contributed by atoms with E-state index >= 15 is 0 Å². The number of nitrogens with zero attached hydrogens (tertiary/aromatic N) is 2. The van der Waals surface area contributed by atoms with E-state index in [2.05, 4.69) is 5.32 Å². The maximum Gasteiger partial charge on any atom is 0.499 e. The fourth-order valence-corrected chi connectivity index (χ4v) is 3.30. The summed E-state index contributed by atoms with van der Waals surface area (Å²) in [6.45, 7) is 10.5. The van der Waals surface area contributed by atoms with Gasteiger partial charge < -0.3 is 14.6 Å². The highest BCUT2D eigenvalue weighted by molar-refractivity contribution is 6.64. The quantitative estimate of drug-likeness (QED) is 0.849. The van der Waals surface area contributed by atoms with Crippen LogP contribution in [0.5, 0.6) is 0 Å². The SMILES string of the molecule is CC1(C)OB(c2c(-c3ccc(F)cc3)nn3c2CNCC3)OC1(C)C. The molecule has 0 radical (unpaired) electrons. The zero-order valence-corrected chi connectivity index (χ0v) is 15.1. The van der Waals surface area contributed by atoms with Crippen LogP contribution >= 0.6 is 0 Å². The average molecular weight is 343 g/mol. The Balaban J connectivity index is 1.83. The Morgan fingerprint density at radius 2 is 1.76 bits per heavy atom. The zero-order chi connectivity index (χ0) is 17.8. The molecule has 0 aliphatic carbocycles. The maximum atomic E-state index is 13.3. The van der Waals surface area contributed by atoms with Gasteiger partial charge in [-0.05, 0) is 52.0 Å². The van der Waals surface area contributed by atoms with Gasteiger partial charge in [0, 0.05) is 24.1 Å². The van der Waals surface area contributed by atoms with Crippen LogP contribution in [0, 0.1) is 5.82 Å². The van der Waals surface area contributed by atoms with Crippen LogP contribution < -0.4 is 10.8 Å². The maximum absolute atomic E-state index is 13.3. The zero-order valence-electron chi connectivity index (χ0n) is 15.1. The van der Waals surface area contributed by atoms with Crippen LogP contribution in [0.15, 0.2) is 24.3 Å². The first-order valence-electron chi connectivity index (χ1n) is 8.70. The summed E-state index contributed by atoms with van der Waals surface area (Å²) in [5, 5.41) is 8.17. The Bertz CT molecular complexity index is 785. The predicted molar refractivity (Wildman–Crippen MR) is 95.0 cm³/mol. The molecule has 0 spiro atoms. The number of hydrogen-bond donors (Lipinski definition) is 1. The Hall–Kier alpha value is -1.70. The molecule has 1 N–H and O–H groups in total. The number of benzene rings is 1. The molecule has 0 saturated carbocycles. The van der Waals surface area contributed by atoms with Gasteiger partial charge in [0.15, 0.2) is 0 Å². The minimum Gasteiger partial charge on any atom is -0.399 e. The van der Waals surface area contributed by atoms with Gasteiger partial charge in [0.2, 0.25) is 0 Å². The molecule has 25 heavy (non-hydrogen) atoms. The number of aromatic nitrogens is 2. The molecule has 2 aromatic rings. The van der Waals surface area contributed by atoms with E-state index < -0.39 is 18.3 Å².